The van der Waals surface area contributed by atoms with E-state index in [2.05, 4.69) is 27.4 Å². The highest BCUT2D eigenvalue weighted by atomic mass is 16.5. The predicted octanol–water partition coefficient (Wildman–Crippen LogP) is 1.55. The third-order valence-electron chi connectivity index (χ3n) is 3.20. The molecular formula is C14H17N3O. The van der Waals surface area contributed by atoms with Crippen LogP contribution in [0.15, 0.2) is 30.5 Å². The fraction of sp³-hybridized carbons (Fsp3) is 0.429. The Morgan fingerprint density at radius 2 is 2.22 bits per heavy atom. The van der Waals surface area contributed by atoms with Gasteiger partial charge >= 0.3 is 0 Å². The summed E-state index contributed by atoms with van der Waals surface area (Å²) >= 11 is 0. The van der Waals surface area contributed by atoms with Crippen molar-refractivity contribution in [2.24, 2.45) is 0 Å². The first-order valence-electron chi connectivity index (χ1n) is 6.45. The van der Waals surface area contributed by atoms with Crippen LogP contribution in [0.3, 0.4) is 0 Å². The minimum atomic E-state index is 0.427. The van der Waals surface area contributed by atoms with Crippen LogP contribution in [-0.2, 0) is 11.2 Å². The number of ether oxygens (including phenoxy) is 1. The molecule has 1 fully saturated rings. The Morgan fingerprint density at radius 3 is 3.06 bits per heavy atom. The number of fused-ring (bicyclic) bond motifs is 1. The van der Waals surface area contributed by atoms with Gasteiger partial charge in [-0.25, -0.2) is 9.97 Å². The van der Waals surface area contributed by atoms with Gasteiger partial charge in [-0.15, -0.1) is 0 Å². The first-order chi connectivity index (χ1) is 8.92. The molecule has 3 rings (SSSR count). The number of pyridine rings is 2. The quantitative estimate of drug-likeness (QED) is 0.809. The van der Waals surface area contributed by atoms with Crippen LogP contribution >= 0.6 is 0 Å². The lowest BCUT2D eigenvalue weighted by atomic mass is 10.2. The van der Waals surface area contributed by atoms with E-state index in [1.54, 1.807) is 6.20 Å². The SMILES string of the molecule is c1cnc2nc(CCCOC3CNC3)ccc2c1. The van der Waals surface area contributed by atoms with Gasteiger partial charge in [-0.1, -0.05) is 0 Å². The molecule has 1 N–H and O–H groups in total. The smallest absolute Gasteiger partial charge is 0.159 e. The Labute approximate surface area is 106 Å². The van der Waals surface area contributed by atoms with Crippen LogP contribution in [0, 0.1) is 0 Å². The van der Waals surface area contributed by atoms with E-state index in [0.717, 1.165) is 49.3 Å². The van der Waals surface area contributed by atoms with Crippen molar-refractivity contribution < 1.29 is 4.74 Å². The van der Waals surface area contributed by atoms with Gasteiger partial charge < -0.3 is 10.1 Å². The zero-order chi connectivity index (χ0) is 12.2. The summed E-state index contributed by atoms with van der Waals surface area (Å²) in [6, 6.07) is 8.13. The molecule has 2 aromatic rings. The average Bonchev–Trinajstić information content (AvgIpc) is 2.36. The average molecular weight is 243 g/mol. The molecule has 0 atom stereocenters. The van der Waals surface area contributed by atoms with Crippen molar-refractivity contribution >= 4 is 11.0 Å². The lowest BCUT2D eigenvalue weighted by Crippen LogP contribution is -2.48. The molecule has 0 unspecified atom stereocenters. The lowest BCUT2D eigenvalue weighted by Gasteiger charge is -2.27. The molecule has 0 spiro atoms. The largest absolute Gasteiger partial charge is 0.376 e. The molecule has 0 bridgehead atoms. The van der Waals surface area contributed by atoms with Crippen LogP contribution in [0.2, 0.25) is 0 Å². The first-order valence-corrected chi connectivity index (χ1v) is 6.45. The van der Waals surface area contributed by atoms with E-state index in [9.17, 15) is 0 Å². The molecule has 18 heavy (non-hydrogen) atoms. The summed E-state index contributed by atoms with van der Waals surface area (Å²) in [6.45, 7) is 2.81. The van der Waals surface area contributed by atoms with Gasteiger partial charge in [-0.05, 0) is 37.1 Å². The number of nitrogens with zero attached hydrogens (tertiary/aromatic N) is 2. The van der Waals surface area contributed by atoms with Gasteiger partial charge in [0.1, 0.15) is 0 Å². The minimum Gasteiger partial charge on any atom is -0.376 e. The normalized spacial score (nSPS) is 15.8. The van der Waals surface area contributed by atoms with Crippen molar-refractivity contribution in [1.29, 1.82) is 0 Å². The number of rotatable bonds is 5. The molecule has 1 aliphatic rings. The van der Waals surface area contributed by atoms with Crippen LogP contribution in [0.25, 0.3) is 11.0 Å². The predicted molar refractivity (Wildman–Crippen MR) is 70.5 cm³/mol. The highest BCUT2D eigenvalue weighted by molar-refractivity contribution is 5.74. The minimum absolute atomic E-state index is 0.427. The summed E-state index contributed by atoms with van der Waals surface area (Å²) in [5, 5.41) is 4.29. The third-order valence-corrected chi connectivity index (χ3v) is 3.20. The van der Waals surface area contributed by atoms with Crippen LogP contribution < -0.4 is 5.32 Å². The van der Waals surface area contributed by atoms with E-state index in [0.29, 0.717) is 6.10 Å². The second kappa shape index (κ2) is 5.42. The van der Waals surface area contributed by atoms with Crippen molar-refractivity contribution in [1.82, 2.24) is 15.3 Å². The zero-order valence-corrected chi connectivity index (χ0v) is 10.3. The molecule has 4 heteroatoms. The molecule has 0 saturated carbocycles. The van der Waals surface area contributed by atoms with Gasteiger partial charge in [0, 0.05) is 37.0 Å². The Hall–Kier alpha value is -1.52. The summed E-state index contributed by atoms with van der Waals surface area (Å²) < 4.78 is 5.68. The second-order valence-electron chi connectivity index (χ2n) is 4.61. The van der Waals surface area contributed by atoms with Crippen molar-refractivity contribution in [3.05, 3.63) is 36.2 Å². The van der Waals surface area contributed by atoms with Crippen molar-refractivity contribution in [3.8, 4) is 0 Å². The molecule has 1 saturated heterocycles. The Bertz CT molecular complexity index is 525. The van der Waals surface area contributed by atoms with Crippen molar-refractivity contribution in [2.75, 3.05) is 19.7 Å². The van der Waals surface area contributed by atoms with Crippen LogP contribution in [0.5, 0.6) is 0 Å². The summed E-state index contributed by atoms with van der Waals surface area (Å²) in [5.74, 6) is 0. The summed E-state index contributed by atoms with van der Waals surface area (Å²) in [4.78, 5) is 8.82. The van der Waals surface area contributed by atoms with Crippen molar-refractivity contribution in [2.45, 2.75) is 18.9 Å². The van der Waals surface area contributed by atoms with Gasteiger partial charge in [0.15, 0.2) is 5.65 Å². The number of nitrogens with one attached hydrogen (secondary N) is 1. The standard InChI is InChI=1S/C14H17N3O/c1-3-11-5-6-12(17-14(11)16-7-1)4-2-8-18-13-9-15-10-13/h1,3,5-7,13,15H,2,4,8-10H2. The maximum absolute atomic E-state index is 5.68. The lowest BCUT2D eigenvalue weighted by molar-refractivity contribution is 0.0178. The molecule has 0 amide bonds. The molecule has 4 nitrogen and oxygen atoms in total. The molecule has 94 valence electrons. The van der Waals surface area contributed by atoms with E-state index < -0.39 is 0 Å². The van der Waals surface area contributed by atoms with Gasteiger partial charge in [-0.2, -0.15) is 0 Å². The van der Waals surface area contributed by atoms with Crippen molar-refractivity contribution in [3.63, 3.8) is 0 Å². The van der Waals surface area contributed by atoms with Gasteiger partial charge in [0.05, 0.1) is 6.10 Å². The Kier molecular flexibility index (Phi) is 3.48. The highest BCUT2D eigenvalue weighted by Crippen LogP contribution is 2.10. The molecule has 0 aliphatic carbocycles. The fourth-order valence-corrected chi connectivity index (χ4v) is 2.01. The topological polar surface area (TPSA) is 47.0 Å². The monoisotopic (exact) mass is 243 g/mol. The highest BCUT2D eigenvalue weighted by Gasteiger charge is 2.16. The molecule has 3 heterocycles. The van der Waals surface area contributed by atoms with Crippen LogP contribution in [0.1, 0.15) is 12.1 Å². The molecule has 1 aliphatic heterocycles. The molecule has 0 radical (unpaired) electrons. The van der Waals surface area contributed by atoms with Gasteiger partial charge in [-0.3, -0.25) is 0 Å². The number of aryl methyl sites for hydroxylation is 1. The van der Waals surface area contributed by atoms with Gasteiger partial charge in [0.2, 0.25) is 0 Å². The molecule has 0 aromatic carbocycles. The van der Waals surface area contributed by atoms with E-state index in [1.165, 1.54) is 0 Å². The maximum atomic E-state index is 5.68. The summed E-state index contributed by atoms with van der Waals surface area (Å²) in [6.07, 6.45) is 4.18. The second-order valence-corrected chi connectivity index (χ2v) is 4.61. The Balaban J connectivity index is 1.53. The molecular weight excluding hydrogens is 226 g/mol. The fourth-order valence-electron chi connectivity index (χ4n) is 2.01. The summed E-state index contributed by atoms with van der Waals surface area (Å²) in [7, 11) is 0. The van der Waals surface area contributed by atoms with E-state index in [1.807, 2.05) is 12.1 Å². The number of hydrogen-bond donors (Lipinski definition) is 1. The maximum Gasteiger partial charge on any atom is 0.159 e. The van der Waals surface area contributed by atoms with E-state index in [-0.39, 0.29) is 0 Å². The van der Waals surface area contributed by atoms with Crippen LogP contribution in [-0.4, -0.2) is 35.8 Å². The number of aromatic nitrogens is 2. The van der Waals surface area contributed by atoms with E-state index in [4.69, 9.17) is 4.74 Å². The van der Waals surface area contributed by atoms with Gasteiger partial charge in [0.25, 0.3) is 0 Å². The molecule has 2 aromatic heterocycles. The zero-order valence-electron chi connectivity index (χ0n) is 10.3. The Morgan fingerprint density at radius 1 is 1.28 bits per heavy atom. The third kappa shape index (κ3) is 2.66. The first kappa shape index (κ1) is 11.6. The van der Waals surface area contributed by atoms with Crippen LogP contribution in [0.4, 0.5) is 0 Å². The van der Waals surface area contributed by atoms with E-state index >= 15 is 0 Å². The number of hydrogen-bond acceptors (Lipinski definition) is 4. The summed E-state index contributed by atoms with van der Waals surface area (Å²) in [5.41, 5.74) is 1.93.